The summed E-state index contributed by atoms with van der Waals surface area (Å²) in [5.41, 5.74) is 6.34. The number of H-pyrrole nitrogens is 1. The number of carbonyl (C=O) groups is 1. The number of anilines is 1. The van der Waals surface area contributed by atoms with Gasteiger partial charge < -0.3 is 15.8 Å². The van der Waals surface area contributed by atoms with Crippen molar-refractivity contribution in [1.29, 1.82) is 0 Å². The number of hydrogen-bond donors (Lipinski definition) is 3. The fraction of sp³-hybridized carbons (Fsp3) is 0.0833. The number of nitrogens with one attached hydrogen (secondary N) is 2. The van der Waals surface area contributed by atoms with Gasteiger partial charge in [0.05, 0.1) is 0 Å². The SMILES string of the molecule is NC(=S)COc1cccc(NC(=O)c2ccn[nH]2)c1. The predicted octanol–water partition coefficient (Wildman–Crippen LogP) is 1.33. The summed E-state index contributed by atoms with van der Waals surface area (Å²) in [7, 11) is 0. The molecule has 1 heterocycles. The quantitative estimate of drug-likeness (QED) is 0.716. The molecule has 19 heavy (non-hydrogen) atoms. The van der Waals surface area contributed by atoms with Crippen molar-refractivity contribution in [3.63, 3.8) is 0 Å². The second kappa shape index (κ2) is 5.96. The van der Waals surface area contributed by atoms with Crippen molar-refractivity contribution in [2.75, 3.05) is 11.9 Å². The van der Waals surface area contributed by atoms with Gasteiger partial charge in [0, 0.05) is 18.0 Å². The van der Waals surface area contributed by atoms with Crippen molar-refractivity contribution in [2.45, 2.75) is 0 Å². The van der Waals surface area contributed by atoms with Gasteiger partial charge in [-0.1, -0.05) is 18.3 Å². The van der Waals surface area contributed by atoms with E-state index >= 15 is 0 Å². The number of amides is 1. The lowest BCUT2D eigenvalue weighted by Gasteiger charge is -2.08. The zero-order valence-corrected chi connectivity index (χ0v) is 10.7. The van der Waals surface area contributed by atoms with E-state index in [1.165, 1.54) is 6.20 Å². The van der Waals surface area contributed by atoms with E-state index in [1.54, 1.807) is 30.3 Å². The first kappa shape index (κ1) is 13.0. The first-order chi connectivity index (χ1) is 9.15. The molecule has 0 spiro atoms. The lowest BCUT2D eigenvalue weighted by Crippen LogP contribution is -2.18. The van der Waals surface area contributed by atoms with Gasteiger partial charge in [0.25, 0.3) is 5.91 Å². The molecule has 1 aromatic heterocycles. The summed E-state index contributed by atoms with van der Waals surface area (Å²) in [5.74, 6) is 0.305. The van der Waals surface area contributed by atoms with Gasteiger partial charge in [0.1, 0.15) is 23.0 Å². The number of ether oxygens (including phenoxy) is 1. The Morgan fingerprint density at radius 1 is 1.47 bits per heavy atom. The van der Waals surface area contributed by atoms with Gasteiger partial charge in [-0.05, 0) is 18.2 Å². The number of benzene rings is 1. The number of nitrogens with zero attached hydrogens (tertiary/aromatic N) is 1. The molecule has 1 aromatic carbocycles. The maximum atomic E-state index is 11.8. The van der Waals surface area contributed by atoms with Gasteiger partial charge in [-0.2, -0.15) is 5.10 Å². The van der Waals surface area contributed by atoms with Crippen LogP contribution in [0.1, 0.15) is 10.5 Å². The Bertz CT molecular complexity index is 583. The van der Waals surface area contributed by atoms with Crippen molar-refractivity contribution >= 4 is 28.8 Å². The molecule has 4 N–H and O–H groups in total. The molecule has 0 saturated carbocycles. The molecule has 0 saturated heterocycles. The van der Waals surface area contributed by atoms with E-state index < -0.39 is 0 Å². The zero-order chi connectivity index (χ0) is 13.7. The largest absolute Gasteiger partial charge is 0.486 e. The molecule has 0 radical (unpaired) electrons. The molecule has 0 atom stereocenters. The van der Waals surface area contributed by atoms with Crippen LogP contribution in [0.5, 0.6) is 5.75 Å². The van der Waals surface area contributed by atoms with Crippen molar-refractivity contribution in [1.82, 2.24) is 10.2 Å². The molecule has 6 nitrogen and oxygen atoms in total. The number of nitrogens with two attached hydrogens (primary N) is 1. The Kier molecular flexibility index (Phi) is 4.09. The minimum atomic E-state index is -0.274. The van der Waals surface area contributed by atoms with Crippen LogP contribution in [-0.4, -0.2) is 27.7 Å². The van der Waals surface area contributed by atoms with Gasteiger partial charge >= 0.3 is 0 Å². The number of rotatable bonds is 5. The number of thiocarbonyl (C=S) groups is 1. The fourth-order valence-corrected chi connectivity index (χ4v) is 1.46. The van der Waals surface area contributed by atoms with E-state index in [0.717, 1.165) is 0 Å². The van der Waals surface area contributed by atoms with E-state index in [9.17, 15) is 4.79 Å². The highest BCUT2D eigenvalue weighted by Gasteiger charge is 2.07. The average molecular weight is 276 g/mol. The van der Waals surface area contributed by atoms with Crippen LogP contribution in [0.25, 0.3) is 0 Å². The molecule has 2 rings (SSSR count). The molecule has 2 aromatic rings. The molecule has 0 aliphatic heterocycles. The summed E-state index contributed by atoms with van der Waals surface area (Å²) >= 11 is 4.72. The van der Waals surface area contributed by atoms with Crippen molar-refractivity contribution in [3.8, 4) is 5.75 Å². The second-order valence-electron chi connectivity index (χ2n) is 3.71. The Morgan fingerprint density at radius 3 is 3.00 bits per heavy atom. The topological polar surface area (TPSA) is 93.0 Å². The Hall–Kier alpha value is -2.41. The third-order valence-corrected chi connectivity index (χ3v) is 2.34. The Labute approximate surface area is 115 Å². The third kappa shape index (κ3) is 3.78. The van der Waals surface area contributed by atoms with E-state index in [2.05, 4.69) is 15.5 Å². The smallest absolute Gasteiger partial charge is 0.273 e. The van der Waals surface area contributed by atoms with E-state index in [-0.39, 0.29) is 17.5 Å². The van der Waals surface area contributed by atoms with Crippen molar-refractivity contribution < 1.29 is 9.53 Å². The summed E-state index contributed by atoms with van der Waals surface area (Å²) in [5, 5.41) is 9.02. The van der Waals surface area contributed by atoms with Gasteiger partial charge in [-0.3, -0.25) is 9.89 Å². The van der Waals surface area contributed by atoms with Crippen molar-refractivity contribution in [2.24, 2.45) is 5.73 Å². The molecule has 0 unspecified atom stereocenters. The number of aromatic nitrogens is 2. The molecule has 0 aliphatic rings. The molecule has 0 fully saturated rings. The first-order valence-corrected chi connectivity index (χ1v) is 5.88. The molecule has 1 amide bonds. The Balaban J connectivity index is 2.02. The zero-order valence-electron chi connectivity index (χ0n) is 9.92. The summed E-state index contributed by atoms with van der Waals surface area (Å²) in [6.07, 6.45) is 1.51. The fourth-order valence-electron chi connectivity index (χ4n) is 1.40. The van der Waals surface area contributed by atoms with Crippen LogP contribution in [0.4, 0.5) is 5.69 Å². The second-order valence-corrected chi connectivity index (χ2v) is 4.23. The standard InChI is InChI=1S/C12H12N4O2S/c13-11(19)7-18-9-3-1-2-8(6-9)15-12(17)10-4-5-14-16-10/h1-6H,7H2,(H2,13,19)(H,14,16)(H,15,17). The van der Waals surface area contributed by atoms with Gasteiger partial charge in [0.15, 0.2) is 0 Å². The summed E-state index contributed by atoms with van der Waals surface area (Å²) < 4.78 is 5.34. The average Bonchev–Trinajstić information content (AvgIpc) is 2.91. The molecule has 98 valence electrons. The predicted molar refractivity (Wildman–Crippen MR) is 75.3 cm³/mol. The lowest BCUT2D eigenvalue weighted by molar-refractivity contribution is 0.102. The minimum absolute atomic E-state index is 0.160. The highest BCUT2D eigenvalue weighted by Crippen LogP contribution is 2.17. The normalized spacial score (nSPS) is 9.89. The molecule has 0 aliphatic carbocycles. The molecular formula is C12H12N4O2S. The highest BCUT2D eigenvalue weighted by atomic mass is 32.1. The van der Waals surface area contributed by atoms with Gasteiger partial charge in [0.2, 0.25) is 0 Å². The number of hydrogen-bond acceptors (Lipinski definition) is 4. The maximum Gasteiger partial charge on any atom is 0.273 e. The summed E-state index contributed by atoms with van der Waals surface area (Å²) in [6.45, 7) is 0.160. The van der Waals surface area contributed by atoms with Crippen LogP contribution in [0.15, 0.2) is 36.5 Å². The summed E-state index contributed by atoms with van der Waals surface area (Å²) in [6, 6.07) is 8.54. The van der Waals surface area contributed by atoms with E-state index in [4.69, 9.17) is 22.7 Å². The van der Waals surface area contributed by atoms with Gasteiger partial charge in [-0.25, -0.2) is 0 Å². The number of carbonyl (C=O) groups excluding carboxylic acids is 1. The van der Waals surface area contributed by atoms with Crippen LogP contribution < -0.4 is 15.8 Å². The third-order valence-electron chi connectivity index (χ3n) is 2.22. The lowest BCUT2D eigenvalue weighted by atomic mass is 10.3. The summed E-state index contributed by atoms with van der Waals surface area (Å²) in [4.78, 5) is 12.1. The molecular weight excluding hydrogens is 264 g/mol. The van der Waals surface area contributed by atoms with Crippen LogP contribution in [0.3, 0.4) is 0 Å². The minimum Gasteiger partial charge on any atom is -0.486 e. The highest BCUT2D eigenvalue weighted by molar-refractivity contribution is 7.80. The maximum absolute atomic E-state index is 11.8. The van der Waals surface area contributed by atoms with Crippen LogP contribution in [-0.2, 0) is 0 Å². The van der Waals surface area contributed by atoms with Gasteiger partial charge in [-0.15, -0.1) is 0 Å². The van der Waals surface area contributed by atoms with Crippen molar-refractivity contribution in [3.05, 3.63) is 42.2 Å². The van der Waals surface area contributed by atoms with Crippen LogP contribution in [0.2, 0.25) is 0 Å². The van der Waals surface area contributed by atoms with Crippen LogP contribution >= 0.6 is 12.2 Å². The molecule has 0 bridgehead atoms. The number of aromatic amines is 1. The first-order valence-electron chi connectivity index (χ1n) is 5.47. The van der Waals surface area contributed by atoms with E-state index in [0.29, 0.717) is 17.1 Å². The monoisotopic (exact) mass is 276 g/mol. The molecule has 7 heteroatoms. The van der Waals surface area contributed by atoms with Crippen LogP contribution in [0, 0.1) is 0 Å². The van der Waals surface area contributed by atoms with E-state index in [1.807, 2.05) is 0 Å². The Morgan fingerprint density at radius 2 is 2.32 bits per heavy atom.